The van der Waals surface area contributed by atoms with Crippen LogP contribution < -0.4 is 16.0 Å². The quantitative estimate of drug-likeness (QED) is 0.674. The van der Waals surface area contributed by atoms with E-state index in [1.807, 2.05) is 6.92 Å². The van der Waals surface area contributed by atoms with Crippen LogP contribution in [-0.2, 0) is 23.2 Å². The summed E-state index contributed by atoms with van der Waals surface area (Å²) in [6.45, 7) is 4.30. The smallest absolute Gasteiger partial charge is 0.331 e. The number of carbonyl (C=O) groups excluding carboxylic acids is 2. The minimum absolute atomic E-state index is 0.00828. The Hall–Kier alpha value is -3.10. The third-order valence-corrected chi connectivity index (χ3v) is 7.21. The fourth-order valence-electron chi connectivity index (χ4n) is 5.12. The fourth-order valence-corrected chi connectivity index (χ4v) is 5.12. The molecule has 2 amide bonds. The van der Waals surface area contributed by atoms with Gasteiger partial charge in [0, 0.05) is 39.1 Å². The Bertz CT molecular complexity index is 1180. The molecule has 4 rings (SSSR count). The van der Waals surface area contributed by atoms with Crippen LogP contribution >= 0.6 is 0 Å². The number of hydrogen-bond donors (Lipinski definition) is 0. The molecule has 1 aromatic heterocycles. The van der Waals surface area contributed by atoms with E-state index in [0.717, 1.165) is 12.8 Å². The number of aryl methyl sites for hydroxylation is 1. The highest BCUT2D eigenvalue weighted by Gasteiger charge is 2.33. The summed E-state index contributed by atoms with van der Waals surface area (Å²) in [6.07, 6.45) is 2.96. The molecule has 2 aromatic rings. The first-order valence-electron chi connectivity index (χ1n) is 11.7. The average Bonchev–Trinajstić information content (AvgIpc) is 2.84. The van der Waals surface area contributed by atoms with Crippen LogP contribution in [0.15, 0.2) is 27.8 Å². The number of hydrogen-bond acceptors (Lipinski definition) is 5. The number of fused-ring (bicyclic) bond motifs is 1. The van der Waals surface area contributed by atoms with E-state index in [1.165, 1.54) is 9.13 Å². The Morgan fingerprint density at radius 2 is 1.82 bits per heavy atom. The highest BCUT2D eigenvalue weighted by molar-refractivity contribution is 5.87. The summed E-state index contributed by atoms with van der Waals surface area (Å²) >= 11 is 0. The van der Waals surface area contributed by atoms with Gasteiger partial charge in [-0.2, -0.15) is 0 Å². The van der Waals surface area contributed by atoms with Crippen molar-refractivity contribution in [1.29, 1.82) is 0 Å². The van der Waals surface area contributed by atoms with E-state index < -0.39 is 0 Å². The first kappa shape index (κ1) is 23.1. The van der Waals surface area contributed by atoms with Crippen molar-refractivity contribution in [2.45, 2.75) is 39.2 Å². The van der Waals surface area contributed by atoms with Gasteiger partial charge in [-0.05, 0) is 56.7 Å². The molecule has 1 saturated heterocycles. The number of rotatable bonds is 5. The van der Waals surface area contributed by atoms with Crippen molar-refractivity contribution in [1.82, 2.24) is 18.9 Å². The number of benzene rings is 1. The molecule has 1 aliphatic carbocycles. The average molecular weight is 457 g/mol. The molecule has 33 heavy (non-hydrogen) atoms. The maximum absolute atomic E-state index is 13.1. The highest BCUT2D eigenvalue weighted by atomic mass is 16.5. The largest absolute Gasteiger partial charge is 0.497 e. The van der Waals surface area contributed by atoms with Crippen molar-refractivity contribution in [3.05, 3.63) is 39.0 Å². The van der Waals surface area contributed by atoms with Crippen LogP contribution in [0, 0.1) is 11.8 Å². The van der Waals surface area contributed by atoms with E-state index >= 15 is 0 Å². The second-order valence-electron chi connectivity index (χ2n) is 9.09. The van der Waals surface area contributed by atoms with Crippen LogP contribution in [0.4, 0.5) is 0 Å². The third-order valence-electron chi connectivity index (χ3n) is 7.21. The monoisotopic (exact) mass is 456 g/mol. The standard InChI is InChI=1S/C24H32N4O5/c1-4-26-11-12-27(15-21(26)29)22(30)17-7-5-16(6-8-17)14-28-23(31)19-13-18(33-3)9-10-20(19)25(2)24(28)32/h9-10,13,16-17H,4-8,11-12,14-15H2,1-3H3. The summed E-state index contributed by atoms with van der Waals surface area (Å²) < 4.78 is 8.06. The van der Waals surface area contributed by atoms with Crippen LogP contribution in [0.5, 0.6) is 5.75 Å². The molecular weight excluding hydrogens is 424 g/mol. The predicted octanol–water partition coefficient (Wildman–Crippen LogP) is 1.21. The molecule has 0 atom stereocenters. The zero-order valence-corrected chi connectivity index (χ0v) is 19.6. The van der Waals surface area contributed by atoms with Crippen molar-refractivity contribution in [2.75, 3.05) is 33.3 Å². The van der Waals surface area contributed by atoms with Gasteiger partial charge in [0.2, 0.25) is 11.8 Å². The fraction of sp³-hybridized carbons (Fsp3) is 0.583. The molecule has 2 aliphatic rings. The highest BCUT2D eigenvalue weighted by Crippen LogP contribution is 2.31. The van der Waals surface area contributed by atoms with E-state index in [9.17, 15) is 19.2 Å². The summed E-state index contributed by atoms with van der Waals surface area (Å²) in [4.78, 5) is 54.6. The van der Waals surface area contributed by atoms with Gasteiger partial charge in [-0.25, -0.2) is 4.79 Å². The van der Waals surface area contributed by atoms with Crippen molar-refractivity contribution in [3.63, 3.8) is 0 Å². The molecular formula is C24H32N4O5. The van der Waals surface area contributed by atoms with E-state index in [2.05, 4.69) is 0 Å². The first-order valence-corrected chi connectivity index (χ1v) is 11.7. The summed E-state index contributed by atoms with van der Waals surface area (Å²) in [5, 5.41) is 0.455. The van der Waals surface area contributed by atoms with Gasteiger partial charge in [0.1, 0.15) is 5.75 Å². The predicted molar refractivity (Wildman–Crippen MR) is 124 cm³/mol. The Balaban J connectivity index is 1.44. The van der Waals surface area contributed by atoms with Gasteiger partial charge >= 0.3 is 5.69 Å². The summed E-state index contributed by atoms with van der Waals surface area (Å²) in [6, 6.07) is 5.13. The summed E-state index contributed by atoms with van der Waals surface area (Å²) in [5.41, 5.74) is -0.0604. The van der Waals surface area contributed by atoms with Crippen molar-refractivity contribution < 1.29 is 14.3 Å². The molecule has 1 aromatic carbocycles. The third kappa shape index (κ3) is 4.41. The van der Waals surface area contributed by atoms with Crippen LogP contribution in [0.1, 0.15) is 32.6 Å². The lowest BCUT2D eigenvalue weighted by Crippen LogP contribution is -2.53. The van der Waals surface area contributed by atoms with E-state index in [-0.39, 0.29) is 41.4 Å². The number of aromatic nitrogens is 2. The van der Waals surface area contributed by atoms with Gasteiger partial charge in [-0.1, -0.05) is 0 Å². The Morgan fingerprint density at radius 1 is 1.09 bits per heavy atom. The Labute approximate surface area is 192 Å². The maximum atomic E-state index is 13.1. The van der Waals surface area contributed by atoms with Crippen LogP contribution in [0.3, 0.4) is 0 Å². The number of likely N-dealkylation sites (N-methyl/N-ethyl adjacent to an activating group) is 1. The molecule has 178 valence electrons. The van der Waals surface area contributed by atoms with Crippen molar-refractivity contribution in [2.24, 2.45) is 18.9 Å². The minimum Gasteiger partial charge on any atom is -0.497 e. The molecule has 0 bridgehead atoms. The topological polar surface area (TPSA) is 93.8 Å². The van der Waals surface area contributed by atoms with Gasteiger partial charge in [0.25, 0.3) is 5.56 Å². The molecule has 0 unspecified atom stereocenters. The molecule has 0 N–H and O–H groups in total. The van der Waals surface area contributed by atoms with E-state index in [4.69, 9.17) is 4.74 Å². The maximum Gasteiger partial charge on any atom is 0.331 e. The lowest BCUT2D eigenvalue weighted by Gasteiger charge is -2.37. The van der Waals surface area contributed by atoms with Crippen LogP contribution in [-0.4, -0.2) is 64.0 Å². The van der Waals surface area contributed by atoms with Gasteiger partial charge < -0.3 is 14.5 Å². The first-order chi connectivity index (χ1) is 15.8. The Morgan fingerprint density at radius 3 is 2.45 bits per heavy atom. The number of ether oxygens (including phenoxy) is 1. The molecule has 2 fully saturated rings. The Kier molecular flexibility index (Phi) is 6.58. The van der Waals surface area contributed by atoms with Crippen molar-refractivity contribution in [3.8, 4) is 5.75 Å². The van der Waals surface area contributed by atoms with Crippen molar-refractivity contribution >= 4 is 22.7 Å². The van der Waals surface area contributed by atoms with Crippen LogP contribution in [0.2, 0.25) is 0 Å². The normalized spacial score (nSPS) is 21.5. The number of piperazine rings is 1. The molecule has 2 heterocycles. The lowest BCUT2D eigenvalue weighted by molar-refractivity contribution is -0.148. The number of amides is 2. The van der Waals surface area contributed by atoms with E-state index in [1.54, 1.807) is 42.2 Å². The molecule has 0 radical (unpaired) electrons. The number of methoxy groups -OCH3 is 1. The molecule has 9 nitrogen and oxygen atoms in total. The lowest BCUT2D eigenvalue weighted by atomic mass is 9.81. The minimum atomic E-state index is -0.330. The molecule has 9 heteroatoms. The number of nitrogens with zero attached hydrogens (tertiary/aromatic N) is 4. The molecule has 0 spiro atoms. The SMILES string of the molecule is CCN1CCN(C(=O)C2CCC(Cn3c(=O)c4cc(OC)ccc4n(C)c3=O)CC2)CC1=O. The number of carbonyl (C=O) groups is 2. The van der Waals surface area contributed by atoms with Gasteiger partial charge in [0.15, 0.2) is 0 Å². The second-order valence-corrected chi connectivity index (χ2v) is 9.09. The van der Waals surface area contributed by atoms with Crippen LogP contribution in [0.25, 0.3) is 10.9 Å². The summed E-state index contributed by atoms with van der Waals surface area (Å²) in [5.74, 6) is 0.697. The zero-order valence-electron chi connectivity index (χ0n) is 19.6. The molecule has 1 saturated carbocycles. The second kappa shape index (κ2) is 9.41. The van der Waals surface area contributed by atoms with Gasteiger partial charge in [-0.3, -0.25) is 23.5 Å². The van der Waals surface area contributed by atoms with Gasteiger partial charge in [-0.15, -0.1) is 0 Å². The zero-order chi connectivity index (χ0) is 23.7. The van der Waals surface area contributed by atoms with E-state index in [0.29, 0.717) is 55.7 Å². The van der Waals surface area contributed by atoms with Gasteiger partial charge in [0.05, 0.1) is 24.6 Å². The molecule has 1 aliphatic heterocycles. The summed E-state index contributed by atoms with van der Waals surface area (Å²) in [7, 11) is 3.21.